The highest BCUT2D eigenvalue weighted by atomic mass is 35.5. The van der Waals surface area contributed by atoms with Crippen LogP contribution in [-0.4, -0.2) is 56.7 Å². The van der Waals surface area contributed by atoms with Gasteiger partial charge in [-0.25, -0.2) is 8.99 Å². The molecule has 8 nitrogen and oxygen atoms in total. The number of rotatable bonds is 6. The molecule has 0 amide bonds. The van der Waals surface area contributed by atoms with Gasteiger partial charge in [-0.15, -0.1) is 0 Å². The van der Waals surface area contributed by atoms with Crippen molar-refractivity contribution < 1.29 is 4.74 Å². The summed E-state index contributed by atoms with van der Waals surface area (Å²) in [6.45, 7) is 4.11. The molecule has 0 radical (unpaired) electrons. The van der Waals surface area contributed by atoms with Gasteiger partial charge in [-0.3, -0.25) is 9.48 Å². The van der Waals surface area contributed by atoms with Crippen molar-refractivity contribution in [3.63, 3.8) is 0 Å². The Morgan fingerprint density at radius 3 is 2.79 bits per heavy atom. The average Bonchev–Trinajstić information content (AvgIpc) is 3.15. The van der Waals surface area contributed by atoms with Gasteiger partial charge in [-0.1, -0.05) is 11.6 Å². The van der Waals surface area contributed by atoms with Crippen LogP contribution < -0.4 is 10.9 Å². The second kappa shape index (κ2) is 9.51. The van der Waals surface area contributed by atoms with Crippen LogP contribution in [0.25, 0.3) is 0 Å². The molecular formula is C19H27ClN6O2S. The maximum absolute atomic E-state index is 12.8. The highest BCUT2D eigenvalue weighted by Gasteiger charge is 2.24. The molecule has 2 aromatic rings. The van der Waals surface area contributed by atoms with E-state index < -0.39 is 0 Å². The van der Waals surface area contributed by atoms with E-state index in [2.05, 4.69) is 19.8 Å². The fourth-order valence-corrected chi connectivity index (χ4v) is 5.01. The highest BCUT2D eigenvalue weighted by Crippen LogP contribution is 2.30. The fraction of sp³-hybridized carbons (Fsp3) is 0.632. The van der Waals surface area contributed by atoms with Crippen LogP contribution in [0.15, 0.2) is 28.3 Å². The Morgan fingerprint density at radius 2 is 2.10 bits per heavy atom. The zero-order valence-corrected chi connectivity index (χ0v) is 18.2. The van der Waals surface area contributed by atoms with Crippen molar-refractivity contribution >= 4 is 29.2 Å². The van der Waals surface area contributed by atoms with Gasteiger partial charge in [0.2, 0.25) is 0 Å². The SMILES string of the molecule is Cn1cc(SN2CCC(n3ncc(NC[C@@H]4CCCOC4)c(Cl)c3=O)CC2)cn1. The monoisotopic (exact) mass is 438 g/mol. The maximum atomic E-state index is 12.8. The summed E-state index contributed by atoms with van der Waals surface area (Å²) >= 11 is 8.09. The average molecular weight is 439 g/mol. The molecule has 2 saturated heterocycles. The van der Waals surface area contributed by atoms with Crippen LogP contribution in [0.5, 0.6) is 0 Å². The minimum Gasteiger partial charge on any atom is -0.382 e. The minimum atomic E-state index is -0.213. The van der Waals surface area contributed by atoms with E-state index >= 15 is 0 Å². The molecule has 1 atom stereocenters. The molecule has 158 valence electrons. The lowest BCUT2D eigenvalue weighted by Crippen LogP contribution is -2.36. The number of anilines is 1. The molecule has 2 aliphatic heterocycles. The molecule has 10 heteroatoms. The number of aromatic nitrogens is 4. The van der Waals surface area contributed by atoms with Crippen LogP contribution in [0.2, 0.25) is 5.02 Å². The lowest BCUT2D eigenvalue weighted by atomic mass is 10.0. The molecule has 0 aliphatic carbocycles. The van der Waals surface area contributed by atoms with Crippen molar-refractivity contribution in [2.75, 3.05) is 38.2 Å². The topological polar surface area (TPSA) is 77.2 Å². The molecule has 2 aromatic heterocycles. The Labute approximate surface area is 179 Å². The number of aryl methyl sites for hydroxylation is 1. The first-order chi connectivity index (χ1) is 14.1. The molecule has 1 N–H and O–H groups in total. The van der Waals surface area contributed by atoms with Crippen LogP contribution in [0.1, 0.15) is 31.7 Å². The van der Waals surface area contributed by atoms with E-state index in [4.69, 9.17) is 16.3 Å². The summed E-state index contributed by atoms with van der Waals surface area (Å²) in [5.74, 6) is 0.448. The van der Waals surface area contributed by atoms with E-state index in [1.807, 2.05) is 19.4 Å². The zero-order chi connectivity index (χ0) is 20.2. The lowest BCUT2D eigenvalue weighted by Gasteiger charge is -2.31. The fourth-order valence-electron chi connectivity index (χ4n) is 3.82. The Morgan fingerprint density at radius 1 is 1.28 bits per heavy atom. The second-order valence-corrected chi connectivity index (χ2v) is 9.24. The molecule has 0 aromatic carbocycles. The van der Waals surface area contributed by atoms with Crippen molar-refractivity contribution in [1.82, 2.24) is 23.9 Å². The summed E-state index contributed by atoms with van der Waals surface area (Å²) in [6, 6.07) is 0.0755. The first kappa shape index (κ1) is 20.7. The second-order valence-electron chi connectivity index (χ2n) is 7.69. The van der Waals surface area contributed by atoms with Crippen LogP contribution in [0.4, 0.5) is 5.69 Å². The predicted octanol–water partition coefficient (Wildman–Crippen LogP) is 2.81. The van der Waals surface area contributed by atoms with E-state index in [0.29, 0.717) is 11.6 Å². The first-order valence-electron chi connectivity index (χ1n) is 10.1. The van der Waals surface area contributed by atoms with Gasteiger partial charge in [0.25, 0.3) is 5.56 Å². The number of nitrogens with zero attached hydrogens (tertiary/aromatic N) is 5. The molecule has 0 unspecified atom stereocenters. The van der Waals surface area contributed by atoms with E-state index in [1.54, 1.807) is 27.5 Å². The van der Waals surface area contributed by atoms with Gasteiger partial charge in [0, 0.05) is 39.5 Å². The highest BCUT2D eigenvalue weighted by molar-refractivity contribution is 7.97. The minimum absolute atomic E-state index is 0.0755. The van der Waals surface area contributed by atoms with E-state index in [0.717, 1.165) is 63.4 Å². The summed E-state index contributed by atoms with van der Waals surface area (Å²) in [4.78, 5) is 13.9. The maximum Gasteiger partial charge on any atom is 0.287 e. The molecule has 2 fully saturated rings. The first-order valence-corrected chi connectivity index (χ1v) is 11.3. The number of ether oxygens (including phenoxy) is 1. The number of piperidine rings is 1. The van der Waals surface area contributed by atoms with Crippen molar-refractivity contribution in [3.8, 4) is 0 Å². The van der Waals surface area contributed by atoms with E-state index in [-0.39, 0.29) is 16.6 Å². The summed E-state index contributed by atoms with van der Waals surface area (Å²) in [5, 5.41) is 12.1. The number of hydrogen-bond donors (Lipinski definition) is 1. The smallest absolute Gasteiger partial charge is 0.287 e. The molecule has 2 aliphatic rings. The van der Waals surface area contributed by atoms with Gasteiger partial charge >= 0.3 is 0 Å². The van der Waals surface area contributed by atoms with Crippen molar-refractivity contribution in [3.05, 3.63) is 34.0 Å². The summed E-state index contributed by atoms with van der Waals surface area (Å²) in [6.07, 6.45) is 9.50. The molecule has 4 rings (SSSR count). The van der Waals surface area contributed by atoms with Crippen molar-refractivity contribution in [1.29, 1.82) is 0 Å². The third-order valence-electron chi connectivity index (χ3n) is 5.46. The van der Waals surface area contributed by atoms with E-state index in [9.17, 15) is 4.79 Å². The summed E-state index contributed by atoms with van der Waals surface area (Å²) < 4.78 is 11.2. The predicted molar refractivity (Wildman–Crippen MR) is 114 cm³/mol. The standard InChI is InChI=1S/C19H27ClN6O2S/c1-24-12-16(10-22-24)29-25-6-4-15(5-7-25)26-19(27)18(20)17(11-23-26)21-9-14-3-2-8-28-13-14/h10-12,14-15,21H,2-9,13H2,1H3/t14-/m0/s1. The zero-order valence-electron chi connectivity index (χ0n) is 16.6. The van der Waals surface area contributed by atoms with Gasteiger partial charge in [0.1, 0.15) is 5.02 Å². The number of halogens is 1. The Hall–Kier alpha value is -1.55. The van der Waals surface area contributed by atoms with Crippen LogP contribution in [-0.2, 0) is 11.8 Å². The molecule has 0 saturated carbocycles. The molecule has 4 heterocycles. The molecule has 29 heavy (non-hydrogen) atoms. The van der Waals surface area contributed by atoms with E-state index in [1.165, 1.54) is 0 Å². The van der Waals surface area contributed by atoms with Gasteiger partial charge < -0.3 is 10.1 Å². The number of nitrogens with one attached hydrogen (secondary N) is 1. The molecular weight excluding hydrogens is 412 g/mol. The largest absolute Gasteiger partial charge is 0.382 e. The number of hydrogen-bond acceptors (Lipinski definition) is 7. The normalized spacial score (nSPS) is 21.4. The third-order valence-corrected chi connectivity index (χ3v) is 6.87. The molecule has 0 bridgehead atoms. The van der Waals surface area contributed by atoms with Crippen molar-refractivity contribution in [2.24, 2.45) is 13.0 Å². The molecule has 0 spiro atoms. The van der Waals surface area contributed by atoms with Gasteiger partial charge in [0.15, 0.2) is 0 Å². The summed E-state index contributed by atoms with van der Waals surface area (Å²) in [7, 11) is 1.92. The van der Waals surface area contributed by atoms with Crippen LogP contribution in [0.3, 0.4) is 0 Å². The van der Waals surface area contributed by atoms with Gasteiger partial charge in [-0.05, 0) is 43.5 Å². The summed E-state index contributed by atoms with van der Waals surface area (Å²) in [5.41, 5.74) is 0.401. The third kappa shape index (κ3) is 5.14. The van der Waals surface area contributed by atoms with Crippen molar-refractivity contribution in [2.45, 2.75) is 36.6 Å². The van der Waals surface area contributed by atoms with Crippen LogP contribution >= 0.6 is 23.5 Å². The van der Waals surface area contributed by atoms with Gasteiger partial charge in [0.05, 0.1) is 35.6 Å². The Bertz CT molecular complexity index is 874. The lowest BCUT2D eigenvalue weighted by molar-refractivity contribution is 0.0595. The Balaban J connectivity index is 1.34. The van der Waals surface area contributed by atoms with Gasteiger partial charge in [-0.2, -0.15) is 10.2 Å². The quantitative estimate of drug-likeness (QED) is 0.695. The Kier molecular flexibility index (Phi) is 6.79. The van der Waals surface area contributed by atoms with Crippen LogP contribution in [0, 0.1) is 5.92 Å².